The van der Waals surface area contributed by atoms with E-state index in [0.717, 1.165) is 25.7 Å². The Morgan fingerprint density at radius 2 is 1.44 bits per heavy atom. The van der Waals surface area contributed by atoms with E-state index in [1.54, 1.807) is 6.92 Å². The Morgan fingerprint density at radius 1 is 1.00 bits per heavy atom. The molecule has 0 unspecified atom stereocenters. The minimum Gasteiger partial charge on any atom is -0.463 e. The first-order valence-electron chi connectivity index (χ1n) is 5.52. The van der Waals surface area contributed by atoms with Gasteiger partial charge in [0.2, 0.25) is 0 Å². The summed E-state index contributed by atoms with van der Waals surface area (Å²) in [6.45, 7) is 6.57. The molecule has 16 heavy (non-hydrogen) atoms. The van der Waals surface area contributed by atoms with Crippen LogP contribution in [0.4, 0.5) is 0 Å². The standard InChI is InChI=1S/C12H18O4/c1-8(2)12(14)16-11-6-4-10(5-7-11)15-9(3)13/h10-11H,1,4-7H2,2-3H3. The second-order valence-electron chi connectivity index (χ2n) is 4.19. The first-order valence-corrected chi connectivity index (χ1v) is 5.52. The van der Waals surface area contributed by atoms with E-state index in [0.29, 0.717) is 5.57 Å². The van der Waals surface area contributed by atoms with Crippen LogP contribution in [-0.4, -0.2) is 24.1 Å². The Morgan fingerprint density at radius 3 is 1.81 bits per heavy atom. The fourth-order valence-electron chi connectivity index (χ4n) is 1.75. The molecule has 1 aliphatic carbocycles. The molecule has 0 heterocycles. The predicted octanol–water partition coefficient (Wildman–Crippen LogP) is 1.98. The van der Waals surface area contributed by atoms with Crippen molar-refractivity contribution in [2.45, 2.75) is 51.7 Å². The van der Waals surface area contributed by atoms with E-state index in [-0.39, 0.29) is 24.1 Å². The van der Waals surface area contributed by atoms with Crippen LogP contribution in [0.1, 0.15) is 39.5 Å². The third kappa shape index (κ3) is 4.04. The lowest BCUT2D eigenvalue weighted by atomic mass is 9.95. The quantitative estimate of drug-likeness (QED) is 0.545. The van der Waals surface area contributed by atoms with E-state index in [4.69, 9.17) is 9.47 Å². The zero-order valence-electron chi connectivity index (χ0n) is 9.82. The lowest BCUT2D eigenvalue weighted by Gasteiger charge is -2.27. The molecule has 0 amide bonds. The number of ether oxygens (including phenoxy) is 2. The Hall–Kier alpha value is -1.32. The molecule has 0 aromatic rings. The molecule has 1 fully saturated rings. The van der Waals surface area contributed by atoms with Crippen LogP contribution >= 0.6 is 0 Å². The van der Waals surface area contributed by atoms with Crippen molar-refractivity contribution in [3.05, 3.63) is 12.2 Å². The first kappa shape index (κ1) is 12.7. The second kappa shape index (κ2) is 5.68. The smallest absolute Gasteiger partial charge is 0.333 e. The molecule has 0 radical (unpaired) electrons. The number of carbonyl (C=O) groups is 2. The third-order valence-corrected chi connectivity index (χ3v) is 2.58. The number of rotatable bonds is 3. The van der Waals surface area contributed by atoms with Gasteiger partial charge in [-0.25, -0.2) is 4.79 Å². The number of esters is 2. The average molecular weight is 226 g/mol. The van der Waals surface area contributed by atoms with Gasteiger partial charge in [-0.05, 0) is 32.6 Å². The van der Waals surface area contributed by atoms with Gasteiger partial charge in [0.05, 0.1) is 0 Å². The van der Waals surface area contributed by atoms with Gasteiger partial charge < -0.3 is 9.47 Å². The maximum absolute atomic E-state index is 11.3. The van der Waals surface area contributed by atoms with Crippen molar-refractivity contribution in [3.63, 3.8) is 0 Å². The molecule has 0 saturated heterocycles. The van der Waals surface area contributed by atoms with Crippen molar-refractivity contribution in [2.75, 3.05) is 0 Å². The largest absolute Gasteiger partial charge is 0.463 e. The van der Waals surface area contributed by atoms with Crippen LogP contribution in [-0.2, 0) is 19.1 Å². The summed E-state index contributed by atoms with van der Waals surface area (Å²) in [7, 11) is 0. The van der Waals surface area contributed by atoms with E-state index in [9.17, 15) is 9.59 Å². The normalized spacial score (nSPS) is 24.6. The minimum atomic E-state index is -0.337. The van der Waals surface area contributed by atoms with Crippen LogP contribution in [0.3, 0.4) is 0 Å². The molecule has 1 aliphatic rings. The molecule has 90 valence electrons. The summed E-state index contributed by atoms with van der Waals surface area (Å²) < 4.78 is 10.3. The van der Waals surface area contributed by atoms with E-state index in [1.165, 1.54) is 6.92 Å². The van der Waals surface area contributed by atoms with Gasteiger partial charge in [0.25, 0.3) is 0 Å². The molecule has 0 aromatic carbocycles. The summed E-state index contributed by atoms with van der Waals surface area (Å²) in [5, 5.41) is 0. The van der Waals surface area contributed by atoms with Crippen LogP contribution in [0.5, 0.6) is 0 Å². The lowest BCUT2D eigenvalue weighted by molar-refractivity contribution is -0.154. The maximum atomic E-state index is 11.3. The molecule has 0 aliphatic heterocycles. The van der Waals surface area contributed by atoms with Crippen molar-refractivity contribution in [1.82, 2.24) is 0 Å². The van der Waals surface area contributed by atoms with Crippen LogP contribution in [0, 0.1) is 0 Å². The van der Waals surface area contributed by atoms with Crippen LogP contribution in [0.2, 0.25) is 0 Å². The third-order valence-electron chi connectivity index (χ3n) is 2.58. The number of hydrogen-bond donors (Lipinski definition) is 0. The maximum Gasteiger partial charge on any atom is 0.333 e. The molecule has 1 rings (SSSR count). The molecule has 0 atom stereocenters. The molecular weight excluding hydrogens is 208 g/mol. The fourth-order valence-corrected chi connectivity index (χ4v) is 1.75. The summed E-state index contributed by atoms with van der Waals surface area (Å²) in [5.74, 6) is -0.585. The molecule has 0 aromatic heterocycles. The average Bonchev–Trinajstić information content (AvgIpc) is 2.20. The van der Waals surface area contributed by atoms with Crippen molar-refractivity contribution >= 4 is 11.9 Å². The van der Waals surface area contributed by atoms with E-state index in [2.05, 4.69) is 6.58 Å². The molecule has 0 spiro atoms. The van der Waals surface area contributed by atoms with Gasteiger partial charge >= 0.3 is 11.9 Å². The zero-order valence-corrected chi connectivity index (χ0v) is 9.82. The van der Waals surface area contributed by atoms with Gasteiger partial charge in [0, 0.05) is 12.5 Å². The molecule has 1 saturated carbocycles. The molecule has 0 bridgehead atoms. The van der Waals surface area contributed by atoms with Crippen molar-refractivity contribution in [2.24, 2.45) is 0 Å². The van der Waals surface area contributed by atoms with Gasteiger partial charge in [-0.2, -0.15) is 0 Å². The van der Waals surface area contributed by atoms with Crippen LogP contribution < -0.4 is 0 Å². The Kier molecular flexibility index (Phi) is 4.52. The Bertz CT molecular complexity index is 287. The number of carbonyl (C=O) groups excluding carboxylic acids is 2. The van der Waals surface area contributed by atoms with Crippen molar-refractivity contribution < 1.29 is 19.1 Å². The van der Waals surface area contributed by atoms with Crippen LogP contribution in [0.25, 0.3) is 0 Å². The van der Waals surface area contributed by atoms with E-state index in [1.807, 2.05) is 0 Å². The van der Waals surface area contributed by atoms with Crippen molar-refractivity contribution in [1.29, 1.82) is 0 Å². The highest BCUT2D eigenvalue weighted by molar-refractivity contribution is 5.87. The van der Waals surface area contributed by atoms with Crippen molar-refractivity contribution in [3.8, 4) is 0 Å². The van der Waals surface area contributed by atoms with Gasteiger partial charge in [-0.3, -0.25) is 4.79 Å². The monoisotopic (exact) mass is 226 g/mol. The molecule has 4 nitrogen and oxygen atoms in total. The molecular formula is C12H18O4. The van der Waals surface area contributed by atoms with Gasteiger partial charge in [-0.15, -0.1) is 0 Å². The van der Waals surface area contributed by atoms with Gasteiger partial charge in [0.15, 0.2) is 0 Å². The summed E-state index contributed by atoms with van der Waals surface area (Å²) in [6, 6.07) is 0. The topological polar surface area (TPSA) is 52.6 Å². The fraction of sp³-hybridized carbons (Fsp3) is 0.667. The summed E-state index contributed by atoms with van der Waals surface area (Å²) in [5.41, 5.74) is 0.419. The first-order chi connectivity index (χ1) is 7.49. The summed E-state index contributed by atoms with van der Waals surface area (Å²) >= 11 is 0. The Balaban J connectivity index is 2.29. The highest BCUT2D eigenvalue weighted by Gasteiger charge is 2.25. The molecule has 0 N–H and O–H groups in total. The van der Waals surface area contributed by atoms with Crippen LogP contribution in [0.15, 0.2) is 12.2 Å². The highest BCUT2D eigenvalue weighted by Crippen LogP contribution is 2.24. The van der Waals surface area contributed by atoms with E-state index >= 15 is 0 Å². The van der Waals surface area contributed by atoms with E-state index < -0.39 is 0 Å². The lowest BCUT2D eigenvalue weighted by Crippen LogP contribution is -2.29. The zero-order chi connectivity index (χ0) is 12.1. The minimum absolute atomic E-state index is 0.0164. The van der Waals surface area contributed by atoms with Gasteiger partial charge in [0.1, 0.15) is 12.2 Å². The molecule has 4 heteroatoms. The van der Waals surface area contributed by atoms with Gasteiger partial charge in [-0.1, -0.05) is 6.58 Å². The summed E-state index contributed by atoms with van der Waals surface area (Å²) in [6.07, 6.45) is 2.93. The second-order valence-corrected chi connectivity index (χ2v) is 4.19. The Labute approximate surface area is 95.6 Å². The predicted molar refractivity (Wildman–Crippen MR) is 58.7 cm³/mol. The highest BCUT2D eigenvalue weighted by atomic mass is 16.6. The summed E-state index contributed by atoms with van der Waals surface area (Å²) in [4.78, 5) is 22.0. The number of hydrogen-bond acceptors (Lipinski definition) is 4. The SMILES string of the molecule is C=C(C)C(=O)OC1CCC(OC(C)=O)CC1.